The second kappa shape index (κ2) is 5.89. The number of hydrogen-bond acceptors (Lipinski definition) is 3. The van der Waals surface area contributed by atoms with Gasteiger partial charge in [-0.2, -0.15) is 5.26 Å². The van der Waals surface area contributed by atoms with Crippen LogP contribution in [-0.4, -0.2) is 24.3 Å². The van der Waals surface area contributed by atoms with Gasteiger partial charge in [-0.25, -0.2) is 4.39 Å². The minimum atomic E-state index is -0.380. The van der Waals surface area contributed by atoms with Crippen molar-refractivity contribution in [1.29, 1.82) is 5.26 Å². The van der Waals surface area contributed by atoms with Gasteiger partial charge in [0.1, 0.15) is 6.07 Å². The van der Waals surface area contributed by atoms with Gasteiger partial charge in [0.25, 0.3) is 0 Å². The molecule has 1 aliphatic heterocycles. The Morgan fingerprint density at radius 3 is 2.63 bits per heavy atom. The largest absolute Gasteiger partial charge is 0.393 e. The summed E-state index contributed by atoms with van der Waals surface area (Å²) < 4.78 is 14.4. The van der Waals surface area contributed by atoms with E-state index in [-0.39, 0.29) is 16.4 Å². The lowest BCUT2D eigenvalue weighted by Crippen LogP contribution is -2.37. The molecule has 1 fully saturated rings. The molecule has 1 aromatic rings. The van der Waals surface area contributed by atoms with Crippen LogP contribution in [-0.2, 0) is 0 Å². The molecule has 1 saturated heterocycles. The number of anilines is 1. The molecule has 1 aliphatic rings. The van der Waals surface area contributed by atoms with Gasteiger partial charge in [0.15, 0.2) is 5.82 Å². The van der Waals surface area contributed by atoms with Crippen LogP contribution >= 0.6 is 15.9 Å². The molecule has 5 heteroatoms. The molecule has 0 bridgehead atoms. The molecule has 0 aliphatic carbocycles. The zero-order chi connectivity index (χ0) is 14.0. The summed E-state index contributed by atoms with van der Waals surface area (Å²) in [4.78, 5) is 1.97. The highest BCUT2D eigenvalue weighted by molar-refractivity contribution is 9.10. The zero-order valence-electron chi connectivity index (χ0n) is 10.7. The molecule has 1 aromatic carbocycles. The maximum absolute atomic E-state index is 14.2. The molecule has 102 valence electrons. The quantitative estimate of drug-likeness (QED) is 0.908. The molecule has 3 nitrogen and oxygen atoms in total. The summed E-state index contributed by atoms with van der Waals surface area (Å²) in [5.41, 5.74) is 0.829. The number of piperidine rings is 1. The van der Waals surface area contributed by atoms with Crippen molar-refractivity contribution in [3.8, 4) is 6.07 Å². The molecule has 0 saturated carbocycles. The van der Waals surface area contributed by atoms with Crippen LogP contribution in [0.3, 0.4) is 0 Å². The minimum absolute atomic E-state index is 0.227. The first kappa shape index (κ1) is 14.3. The maximum atomic E-state index is 14.2. The first-order chi connectivity index (χ1) is 9.04. The SMILES string of the molecule is CC(O)C1CCN(c2ccc(C#N)c(Br)c2F)CC1. The Hall–Kier alpha value is -1.12. The summed E-state index contributed by atoms with van der Waals surface area (Å²) in [7, 11) is 0. The lowest BCUT2D eigenvalue weighted by molar-refractivity contribution is 0.110. The van der Waals surface area contributed by atoms with E-state index in [1.54, 1.807) is 19.1 Å². The monoisotopic (exact) mass is 326 g/mol. The van der Waals surface area contributed by atoms with Gasteiger partial charge in [-0.05, 0) is 53.7 Å². The maximum Gasteiger partial charge on any atom is 0.161 e. The summed E-state index contributed by atoms with van der Waals surface area (Å²) in [6, 6.07) is 5.23. The van der Waals surface area contributed by atoms with Crippen molar-refractivity contribution in [1.82, 2.24) is 0 Å². The molecular weight excluding hydrogens is 311 g/mol. The molecule has 1 unspecified atom stereocenters. The molecule has 0 radical (unpaired) electrons. The van der Waals surface area contributed by atoms with Crippen LogP contribution < -0.4 is 4.90 Å². The van der Waals surface area contributed by atoms with Crippen LogP contribution in [0.2, 0.25) is 0 Å². The first-order valence-electron chi connectivity index (χ1n) is 6.35. The van der Waals surface area contributed by atoms with E-state index in [1.165, 1.54) is 0 Å². The molecule has 0 spiro atoms. The summed E-state index contributed by atoms with van der Waals surface area (Å²) in [6.45, 7) is 3.26. The van der Waals surface area contributed by atoms with E-state index in [2.05, 4.69) is 15.9 Å². The van der Waals surface area contributed by atoms with Crippen molar-refractivity contribution in [2.45, 2.75) is 25.9 Å². The first-order valence-corrected chi connectivity index (χ1v) is 7.15. The van der Waals surface area contributed by atoms with Gasteiger partial charge in [-0.15, -0.1) is 0 Å². The minimum Gasteiger partial charge on any atom is -0.393 e. The van der Waals surface area contributed by atoms with E-state index >= 15 is 0 Å². The molecule has 0 aromatic heterocycles. The van der Waals surface area contributed by atoms with Crippen LogP contribution in [0.25, 0.3) is 0 Å². The molecule has 1 N–H and O–H groups in total. The van der Waals surface area contributed by atoms with Gasteiger partial charge in [0, 0.05) is 13.1 Å². The Labute approximate surface area is 120 Å². The Morgan fingerprint density at radius 2 is 2.11 bits per heavy atom. The predicted molar refractivity (Wildman–Crippen MR) is 75.4 cm³/mol. The Kier molecular flexibility index (Phi) is 4.43. The van der Waals surface area contributed by atoms with Crippen LogP contribution in [0.1, 0.15) is 25.3 Å². The Morgan fingerprint density at radius 1 is 1.47 bits per heavy atom. The fourth-order valence-corrected chi connectivity index (χ4v) is 2.92. The van der Waals surface area contributed by atoms with Gasteiger partial charge >= 0.3 is 0 Å². The Bertz CT molecular complexity index is 505. The summed E-state index contributed by atoms with van der Waals surface area (Å²) in [5, 5.41) is 18.4. The Balaban J connectivity index is 2.17. The molecule has 1 heterocycles. The highest BCUT2D eigenvalue weighted by Crippen LogP contribution is 2.32. The molecule has 19 heavy (non-hydrogen) atoms. The van der Waals surface area contributed by atoms with E-state index in [4.69, 9.17) is 5.26 Å². The lowest BCUT2D eigenvalue weighted by atomic mass is 9.92. The fraction of sp³-hybridized carbons (Fsp3) is 0.500. The second-order valence-corrected chi connectivity index (χ2v) is 5.73. The highest BCUT2D eigenvalue weighted by atomic mass is 79.9. The van der Waals surface area contributed by atoms with E-state index in [0.717, 1.165) is 25.9 Å². The average Bonchev–Trinajstić information content (AvgIpc) is 2.42. The van der Waals surface area contributed by atoms with Crippen molar-refractivity contribution in [2.75, 3.05) is 18.0 Å². The van der Waals surface area contributed by atoms with Crippen molar-refractivity contribution in [3.05, 3.63) is 28.0 Å². The van der Waals surface area contributed by atoms with Crippen molar-refractivity contribution >= 4 is 21.6 Å². The molecule has 1 atom stereocenters. The van der Waals surface area contributed by atoms with Crippen LogP contribution in [0.4, 0.5) is 10.1 Å². The fourth-order valence-electron chi connectivity index (χ4n) is 2.49. The van der Waals surface area contributed by atoms with Crippen molar-refractivity contribution in [3.63, 3.8) is 0 Å². The van der Waals surface area contributed by atoms with Gasteiger partial charge in [-0.1, -0.05) is 0 Å². The summed E-state index contributed by atoms with van der Waals surface area (Å²) in [6.07, 6.45) is 1.41. The van der Waals surface area contributed by atoms with Gasteiger partial charge in [-0.3, -0.25) is 0 Å². The number of aliphatic hydroxyl groups excluding tert-OH is 1. The zero-order valence-corrected chi connectivity index (χ0v) is 12.3. The van der Waals surface area contributed by atoms with Crippen molar-refractivity contribution < 1.29 is 9.50 Å². The van der Waals surface area contributed by atoms with Gasteiger partial charge in [0.2, 0.25) is 0 Å². The topological polar surface area (TPSA) is 47.3 Å². The van der Waals surface area contributed by atoms with E-state index < -0.39 is 0 Å². The number of nitrogens with zero attached hydrogens (tertiary/aromatic N) is 2. The number of halogens is 2. The predicted octanol–water partition coefficient (Wildman–Crippen LogP) is 3.06. The third-order valence-electron chi connectivity index (χ3n) is 3.74. The third-order valence-corrected chi connectivity index (χ3v) is 4.52. The molecule has 2 rings (SSSR count). The average molecular weight is 327 g/mol. The van der Waals surface area contributed by atoms with E-state index in [0.29, 0.717) is 17.2 Å². The number of nitriles is 1. The van der Waals surface area contributed by atoms with E-state index in [1.807, 2.05) is 11.0 Å². The number of benzene rings is 1. The van der Waals surface area contributed by atoms with E-state index in [9.17, 15) is 9.50 Å². The summed E-state index contributed by atoms with van der Waals surface area (Å²) >= 11 is 3.13. The summed E-state index contributed by atoms with van der Waals surface area (Å²) in [5.74, 6) is -0.0873. The highest BCUT2D eigenvalue weighted by Gasteiger charge is 2.25. The van der Waals surface area contributed by atoms with Crippen LogP contribution in [0.15, 0.2) is 16.6 Å². The lowest BCUT2D eigenvalue weighted by Gasteiger charge is -2.35. The van der Waals surface area contributed by atoms with Crippen molar-refractivity contribution in [2.24, 2.45) is 5.92 Å². The smallest absolute Gasteiger partial charge is 0.161 e. The van der Waals surface area contributed by atoms with Gasteiger partial charge in [0.05, 0.1) is 21.8 Å². The van der Waals surface area contributed by atoms with Gasteiger partial charge < -0.3 is 10.0 Å². The molecular formula is C14H16BrFN2O. The standard InChI is InChI=1S/C14H16BrFN2O/c1-9(19)10-4-6-18(7-5-10)12-3-2-11(8-17)13(15)14(12)16/h2-3,9-10,19H,4-7H2,1H3. The number of hydrogen-bond donors (Lipinski definition) is 1. The van der Waals surface area contributed by atoms with Crippen LogP contribution in [0, 0.1) is 23.1 Å². The third kappa shape index (κ3) is 2.90. The molecule has 0 amide bonds. The normalized spacial score (nSPS) is 18.2. The number of rotatable bonds is 2. The second-order valence-electron chi connectivity index (χ2n) is 4.94. The number of aliphatic hydroxyl groups is 1. The van der Waals surface area contributed by atoms with Crippen LogP contribution in [0.5, 0.6) is 0 Å².